The monoisotopic (exact) mass is 1110 g/mol. The molecule has 0 saturated heterocycles. The van der Waals surface area contributed by atoms with Gasteiger partial charge in [0.2, 0.25) is 0 Å². The Labute approximate surface area is 478 Å². The van der Waals surface area contributed by atoms with E-state index in [1.807, 2.05) is 67.6 Å². The van der Waals surface area contributed by atoms with E-state index >= 15 is 0 Å². The van der Waals surface area contributed by atoms with Crippen molar-refractivity contribution in [2.75, 3.05) is 66.1 Å². The van der Waals surface area contributed by atoms with Crippen molar-refractivity contribution in [1.29, 1.82) is 5.26 Å². The van der Waals surface area contributed by atoms with Crippen molar-refractivity contribution >= 4 is 23.9 Å². The molecule has 448 valence electrons. The Morgan fingerprint density at radius 3 is 1.44 bits per heavy atom. The molecular formula is C66H107NO12. The highest BCUT2D eigenvalue weighted by Gasteiger charge is 2.46. The first-order valence-electron chi connectivity index (χ1n) is 30.9. The van der Waals surface area contributed by atoms with Crippen molar-refractivity contribution < 1.29 is 57.4 Å². The summed E-state index contributed by atoms with van der Waals surface area (Å²) in [6.07, 6.45) is 24.9. The SMILES string of the molecule is CCCCCCCCCCCCOCCOCCOCCOCCOC(=O)C(C)CC(CC(CC(C)(CC(C)(C#N)CC(CC)c1ccccc1)C(=O)OCc1ccccc1)C(=O)O)C(=O)OCCCCCCCCCCCC. The Hall–Kier alpha value is -4.35. The van der Waals surface area contributed by atoms with E-state index < -0.39 is 52.5 Å². The fourth-order valence-electron chi connectivity index (χ4n) is 10.6. The van der Waals surface area contributed by atoms with Crippen LogP contribution in [0.4, 0.5) is 0 Å². The third-order valence-corrected chi connectivity index (χ3v) is 15.2. The Balaban J connectivity index is 2.01. The normalized spacial score (nSPS) is 14.5. The van der Waals surface area contributed by atoms with Crippen LogP contribution < -0.4 is 0 Å². The number of aliphatic carboxylic acids is 1. The zero-order valence-corrected chi connectivity index (χ0v) is 50.1. The zero-order valence-electron chi connectivity index (χ0n) is 50.1. The van der Waals surface area contributed by atoms with Gasteiger partial charge in [0, 0.05) is 6.61 Å². The molecule has 6 unspecified atom stereocenters. The molecule has 0 saturated carbocycles. The fourth-order valence-corrected chi connectivity index (χ4v) is 10.6. The number of unbranched alkanes of at least 4 members (excludes halogenated alkanes) is 18. The van der Waals surface area contributed by atoms with E-state index in [-0.39, 0.29) is 58.0 Å². The minimum Gasteiger partial charge on any atom is -0.481 e. The first-order chi connectivity index (χ1) is 38.3. The van der Waals surface area contributed by atoms with Crippen LogP contribution in [0.15, 0.2) is 60.7 Å². The van der Waals surface area contributed by atoms with Crippen LogP contribution in [0.5, 0.6) is 0 Å². The van der Waals surface area contributed by atoms with Gasteiger partial charge in [-0.05, 0) is 82.3 Å². The van der Waals surface area contributed by atoms with Gasteiger partial charge in [0.25, 0.3) is 0 Å². The lowest BCUT2D eigenvalue weighted by atomic mass is 9.65. The highest BCUT2D eigenvalue weighted by Crippen LogP contribution is 2.46. The molecule has 13 nitrogen and oxygen atoms in total. The molecule has 2 rings (SSSR count). The van der Waals surface area contributed by atoms with Crippen LogP contribution in [0.25, 0.3) is 0 Å². The van der Waals surface area contributed by atoms with Crippen LogP contribution in [-0.4, -0.2) is 95.1 Å². The molecular weight excluding hydrogens is 999 g/mol. The quantitative estimate of drug-likeness (QED) is 0.0376. The van der Waals surface area contributed by atoms with E-state index in [0.717, 1.165) is 49.8 Å². The number of carbonyl (C=O) groups is 4. The molecule has 0 aliphatic heterocycles. The lowest BCUT2D eigenvalue weighted by Crippen LogP contribution is -2.40. The maximum absolute atomic E-state index is 14.5. The molecule has 0 fully saturated rings. The van der Waals surface area contributed by atoms with Gasteiger partial charge >= 0.3 is 23.9 Å². The van der Waals surface area contributed by atoms with Crippen molar-refractivity contribution in [3.63, 3.8) is 0 Å². The molecule has 0 heterocycles. The fraction of sp³-hybridized carbons (Fsp3) is 0.742. The van der Waals surface area contributed by atoms with Gasteiger partial charge in [0.1, 0.15) is 13.2 Å². The van der Waals surface area contributed by atoms with Crippen LogP contribution in [0.3, 0.4) is 0 Å². The van der Waals surface area contributed by atoms with E-state index in [1.54, 1.807) is 13.8 Å². The molecule has 0 bridgehead atoms. The lowest BCUT2D eigenvalue weighted by molar-refractivity contribution is -0.161. The van der Waals surface area contributed by atoms with Gasteiger partial charge < -0.3 is 38.3 Å². The summed E-state index contributed by atoms with van der Waals surface area (Å²) in [6, 6.07) is 21.7. The van der Waals surface area contributed by atoms with E-state index in [1.165, 1.54) is 96.3 Å². The number of rotatable bonds is 52. The molecule has 13 heteroatoms. The Morgan fingerprint density at radius 1 is 0.519 bits per heavy atom. The highest BCUT2D eigenvalue weighted by atomic mass is 16.6. The summed E-state index contributed by atoms with van der Waals surface area (Å²) in [7, 11) is 0. The zero-order chi connectivity index (χ0) is 57.7. The van der Waals surface area contributed by atoms with Crippen LogP contribution in [0.2, 0.25) is 0 Å². The molecule has 79 heavy (non-hydrogen) atoms. The van der Waals surface area contributed by atoms with Crippen molar-refractivity contribution in [3.8, 4) is 6.07 Å². The van der Waals surface area contributed by atoms with Crippen LogP contribution >= 0.6 is 0 Å². The molecule has 0 aliphatic rings. The van der Waals surface area contributed by atoms with Gasteiger partial charge in [0.05, 0.1) is 87.5 Å². The molecule has 0 radical (unpaired) electrons. The summed E-state index contributed by atoms with van der Waals surface area (Å²) in [4.78, 5) is 55.3. The number of hydrogen-bond acceptors (Lipinski definition) is 12. The molecule has 0 spiro atoms. The van der Waals surface area contributed by atoms with Gasteiger partial charge in [-0.1, -0.05) is 204 Å². The Bertz CT molecular complexity index is 1890. The second-order valence-corrected chi connectivity index (χ2v) is 22.6. The van der Waals surface area contributed by atoms with Crippen molar-refractivity contribution in [2.45, 2.75) is 221 Å². The largest absolute Gasteiger partial charge is 0.481 e. The summed E-state index contributed by atoms with van der Waals surface area (Å²) in [5.74, 6) is -5.97. The van der Waals surface area contributed by atoms with E-state index in [2.05, 4.69) is 26.8 Å². The Morgan fingerprint density at radius 2 is 0.962 bits per heavy atom. The minimum absolute atomic E-state index is 0.0117. The average Bonchev–Trinajstić information content (AvgIpc) is 3.47. The van der Waals surface area contributed by atoms with Crippen molar-refractivity contribution in [2.24, 2.45) is 28.6 Å². The summed E-state index contributed by atoms with van der Waals surface area (Å²) < 4.78 is 40.0. The topological polar surface area (TPSA) is 177 Å². The maximum atomic E-state index is 14.5. The standard InChI is InChI=1S/C66H107NO12/c1-7-10-12-14-16-18-20-22-24-32-38-73-40-41-74-42-43-75-44-45-76-46-47-78-62(70)55(4)48-59(63(71)77-39-33-25-23-21-19-17-15-13-11-8-2)49-60(61(68)69)51-66(6,64(72)79-52-56-34-28-26-29-35-56)53-65(5,54-67)50-57(9-3)58-36-30-27-31-37-58/h26-31,34-37,55,57,59-60H,7-25,32-33,38-53H2,1-6H3,(H,68,69). The van der Waals surface area contributed by atoms with Gasteiger partial charge in [-0.3, -0.25) is 19.2 Å². The second kappa shape index (κ2) is 45.3. The molecule has 0 amide bonds. The first-order valence-corrected chi connectivity index (χ1v) is 30.9. The molecule has 1 N–H and O–H groups in total. The van der Waals surface area contributed by atoms with Crippen molar-refractivity contribution in [1.82, 2.24) is 0 Å². The highest BCUT2D eigenvalue weighted by molar-refractivity contribution is 5.80. The van der Waals surface area contributed by atoms with Crippen LogP contribution in [0, 0.1) is 39.9 Å². The van der Waals surface area contributed by atoms with Crippen LogP contribution in [0.1, 0.15) is 226 Å². The smallest absolute Gasteiger partial charge is 0.312 e. The number of carbonyl (C=O) groups excluding carboxylic acids is 3. The van der Waals surface area contributed by atoms with Crippen LogP contribution in [-0.2, 0) is 58.9 Å². The molecule has 0 aliphatic carbocycles. The third-order valence-electron chi connectivity index (χ3n) is 15.2. The molecule has 2 aromatic carbocycles. The van der Waals surface area contributed by atoms with Gasteiger partial charge in [-0.2, -0.15) is 5.26 Å². The number of ether oxygens (including phenoxy) is 7. The second-order valence-electron chi connectivity index (χ2n) is 22.6. The number of nitrogens with zero attached hydrogens (tertiary/aromatic N) is 1. The summed E-state index contributed by atoms with van der Waals surface area (Å²) in [6.45, 7) is 15.3. The lowest BCUT2D eigenvalue weighted by Gasteiger charge is -2.37. The predicted octanol–water partition coefficient (Wildman–Crippen LogP) is 15.4. The van der Waals surface area contributed by atoms with Gasteiger partial charge in [0.15, 0.2) is 0 Å². The number of nitriles is 1. The van der Waals surface area contributed by atoms with Gasteiger partial charge in [-0.25, -0.2) is 0 Å². The summed E-state index contributed by atoms with van der Waals surface area (Å²) >= 11 is 0. The summed E-state index contributed by atoms with van der Waals surface area (Å²) in [5, 5.41) is 21.7. The number of benzene rings is 2. The summed E-state index contributed by atoms with van der Waals surface area (Å²) in [5.41, 5.74) is -0.665. The predicted molar refractivity (Wildman–Crippen MR) is 313 cm³/mol. The van der Waals surface area contributed by atoms with E-state index in [0.29, 0.717) is 52.5 Å². The molecule has 2 aromatic rings. The number of esters is 3. The van der Waals surface area contributed by atoms with Crippen molar-refractivity contribution in [3.05, 3.63) is 71.8 Å². The Kier molecular flexibility index (Phi) is 40.6. The van der Waals surface area contributed by atoms with Gasteiger partial charge in [-0.15, -0.1) is 0 Å². The van der Waals surface area contributed by atoms with E-state index in [9.17, 15) is 29.5 Å². The molecule has 0 aromatic heterocycles. The average molecular weight is 1110 g/mol. The van der Waals surface area contributed by atoms with E-state index in [4.69, 9.17) is 33.2 Å². The minimum atomic E-state index is -1.45. The molecule has 6 atom stereocenters. The first kappa shape index (κ1) is 70.8. The number of carboxylic acid groups (broad SMARTS) is 1. The number of carboxylic acids is 1. The third kappa shape index (κ3) is 33.9. The number of hydrogen-bond donors (Lipinski definition) is 1. The maximum Gasteiger partial charge on any atom is 0.312 e.